The summed E-state index contributed by atoms with van der Waals surface area (Å²) in [5, 5.41) is 12.1. The Morgan fingerprint density at radius 2 is 2.43 bits per heavy atom. The van der Waals surface area contributed by atoms with E-state index in [0.717, 1.165) is 31.4 Å². The molecule has 1 aliphatic carbocycles. The Labute approximate surface area is 82.7 Å². The lowest BCUT2D eigenvalue weighted by Crippen LogP contribution is -2.27. The second-order valence-electron chi connectivity index (χ2n) is 3.22. The maximum Gasteiger partial charge on any atom is 0.344 e. The van der Waals surface area contributed by atoms with Gasteiger partial charge in [-0.1, -0.05) is 11.6 Å². The number of methoxy groups -OCH3 is 1. The van der Waals surface area contributed by atoms with Gasteiger partial charge in [-0.05, 0) is 19.3 Å². The van der Waals surface area contributed by atoms with Gasteiger partial charge in [0.05, 0.1) is 11.8 Å². The van der Waals surface area contributed by atoms with Gasteiger partial charge in [-0.2, -0.15) is 0 Å². The predicted molar refractivity (Wildman–Crippen MR) is 50.3 cm³/mol. The zero-order chi connectivity index (χ0) is 10.4. The fourth-order valence-electron chi connectivity index (χ4n) is 1.49. The van der Waals surface area contributed by atoms with Crippen LogP contribution in [-0.4, -0.2) is 36.6 Å². The Hall–Kier alpha value is -1.10. The molecule has 0 aromatic heterocycles. The second kappa shape index (κ2) is 5.59. The van der Waals surface area contributed by atoms with E-state index in [1.54, 1.807) is 7.11 Å². The van der Waals surface area contributed by atoms with E-state index in [1.807, 2.05) is 0 Å². The molecule has 0 bridgehead atoms. The molecule has 1 N–H and O–H groups in total. The fraction of sp³-hybridized carbons (Fsp3) is 0.778. The number of rotatable bonds is 4. The number of hydrogen-bond acceptors (Lipinski definition) is 4. The number of hydrogen-bond donors (Lipinski definition) is 1. The zero-order valence-electron chi connectivity index (χ0n) is 8.23. The van der Waals surface area contributed by atoms with Gasteiger partial charge in [-0.3, -0.25) is 0 Å². The van der Waals surface area contributed by atoms with Gasteiger partial charge in [0.1, 0.15) is 0 Å². The third kappa shape index (κ3) is 3.33. The Balaban J connectivity index is 2.41. The molecule has 0 saturated heterocycles. The average Bonchev–Trinajstić information content (AvgIpc) is 2.18. The molecule has 80 valence electrons. The summed E-state index contributed by atoms with van der Waals surface area (Å²) in [6.07, 6.45) is 3.95. The normalized spacial score (nSPS) is 24.9. The van der Waals surface area contributed by atoms with Crippen LogP contribution < -0.4 is 0 Å². The van der Waals surface area contributed by atoms with E-state index in [1.165, 1.54) is 0 Å². The molecule has 1 aliphatic rings. The van der Waals surface area contributed by atoms with Gasteiger partial charge in [0.2, 0.25) is 6.61 Å². The van der Waals surface area contributed by atoms with Gasteiger partial charge < -0.3 is 14.7 Å². The van der Waals surface area contributed by atoms with E-state index < -0.39 is 5.97 Å². The molecule has 0 aromatic rings. The van der Waals surface area contributed by atoms with E-state index in [9.17, 15) is 4.79 Å². The van der Waals surface area contributed by atoms with Crippen molar-refractivity contribution in [1.29, 1.82) is 0 Å². The van der Waals surface area contributed by atoms with Crippen LogP contribution in [0.1, 0.15) is 25.7 Å². The van der Waals surface area contributed by atoms with Crippen LogP contribution in [0.25, 0.3) is 0 Å². The van der Waals surface area contributed by atoms with Crippen LogP contribution in [0.3, 0.4) is 0 Å². The van der Waals surface area contributed by atoms with E-state index in [4.69, 9.17) is 9.84 Å². The van der Waals surface area contributed by atoms with Gasteiger partial charge in [0.25, 0.3) is 0 Å². The van der Waals surface area contributed by atoms with Gasteiger partial charge in [0.15, 0.2) is 0 Å². The summed E-state index contributed by atoms with van der Waals surface area (Å²) in [5.41, 5.74) is 0.819. The van der Waals surface area contributed by atoms with Gasteiger partial charge in [0, 0.05) is 7.11 Å². The average molecular weight is 201 g/mol. The van der Waals surface area contributed by atoms with Crippen LogP contribution in [0.15, 0.2) is 5.16 Å². The largest absolute Gasteiger partial charge is 0.479 e. The summed E-state index contributed by atoms with van der Waals surface area (Å²) in [4.78, 5) is 14.8. The highest BCUT2D eigenvalue weighted by molar-refractivity contribution is 5.89. The van der Waals surface area contributed by atoms with Crippen LogP contribution in [0.4, 0.5) is 0 Å². The molecule has 0 aromatic carbocycles. The molecule has 0 radical (unpaired) electrons. The lowest BCUT2D eigenvalue weighted by Gasteiger charge is -2.21. The first kappa shape index (κ1) is 11.0. The number of nitrogens with zero attached hydrogens (tertiary/aromatic N) is 1. The highest BCUT2D eigenvalue weighted by Gasteiger charge is 2.20. The van der Waals surface area contributed by atoms with Crippen LogP contribution in [0, 0.1) is 0 Å². The molecule has 1 saturated carbocycles. The summed E-state index contributed by atoms with van der Waals surface area (Å²) >= 11 is 0. The van der Waals surface area contributed by atoms with Crippen LogP contribution in [0.2, 0.25) is 0 Å². The molecule has 5 nitrogen and oxygen atoms in total. The van der Waals surface area contributed by atoms with Gasteiger partial charge >= 0.3 is 5.97 Å². The maximum absolute atomic E-state index is 10.2. The van der Waals surface area contributed by atoms with Crippen molar-refractivity contribution in [3.8, 4) is 0 Å². The molecule has 0 heterocycles. The van der Waals surface area contributed by atoms with Crippen molar-refractivity contribution < 1.29 is 19.5 Å². The minimum absolute atomic E-state index is 0.00227. The Morgan fingerprint density at radius 3 is 3.07 bits per heavy atom. The molecular weight excluding hydrogens is 186 g/mol. The van der Waals surface area contributed by atoms with Crippen molar-refractivity contribution in [3.63, 3.8) is 0 Å². The smallest absolute Gasteiger partial charge is 0.344 e. The maximum atomic E-state index is 10.2. The van der Waals surface area contributed by atoms with E-state index >= 15 is 0 Å². The summed E-state index contributed by atoms with van der Waals surface area (Å²) in [7, 11) is 1.63. The summed E-state index contributed by atoms with van der Waals surface area (Å²) in [6, 6.07) is 0. The fourth-order valence-corrected chi connectivity index (χ4v) is 1.49. The highest BCUT2D eigenvalue weighted by Crippen LogP contribution is 2.18. The van der Waals surface area contributed by atoms with Crippen molar-refractivity contribution in [2.75, 3.05) is 13.7 Å². The molecule has 0 aliphatic heterocycles. The third-order valence-corrected chi connectivity index (χ3v) is 2.18. The van der Waals surface area contributed by atoms with E-state index in [0.29, 0.717) is 0 Å². The van der Waals surface area contributed by atoms with E-state index in [2.05, 4.69) is 9.99 Å². The molecule has 14 heavy (non-hydrogen) atoms. The van der Waals surface area contributed by atoms with Crippen LogP contribution >= 0.6 is 0 Å². The monoisotopic (exact) mass is 201 g/mol. The number of aliphatic carboxylic acids is 1. The van der Waals surface area contributed by atoms with Crippen LogP contribution in [-0.2, 0) is 14.4 Å². The van der Waals surface area contributed by atoms with Gasteiger partial charge in [-0.15, -0.1) is 0 Å². The van der Waals surface area contributed by atoms with Crippen molar-refractivity contribution in [2.45, 2.75) is 31.8 Å². The molecule has 1 fully saturated rings. The molecule has 1 atom stereocenters. The summed E-state index contributed by atoms with van der Waals surface area (Å²) < 4.78 is 5.20. The summed E-state index contributed by atoms with van der Waals surface area (Å²) in [5.74, 6) is -1.01. The topological polar surface area (TPSA) is 68.1 Å². The molecular formula is C9H15NO4. The number of carbonyl (C=O) groups is 1. The van der Waals surface area contributed by atoms with Crippen molar-refractivity contribution in [3.05, 3.63) is 0 Å². The standard InChI is InChI=1S/C9H15NO4/c1-13-8-5-3-2-4-7(8)10-14-6-9(11)12/h8H,2-6H2,1H3,(H,11,12). The Kier molecular flexibility index (Phi) is 4.39. The SMILES string of the molecule is COC1CCCCC1=NOCC(=O)O. The Bertz CT molecular complexity index is 227. The number of oxime groups is 1. The minimum Gasteiger partial charge on any atom is -0.479 e. The van der Waals surface area contributed by atoms with Crippen molar-refractivity contribution >= 4 is 11.7 Å². The molecule has 1 unspecified atom stereocenters. The van der Waals surface area contributed by atoms with E-state index in [-0.39, 0.29) is 12.7 Å². The quantitative estimate of drug-likeness (QED) is 0.690. The van der Waals surface area contributed by atoms with Crippen molar-refractivity contribution in [2.24, 2.45) is 5.16 Å². The van der Waals surface area contributed by atoms with Gasteiger partial charge in [-0.25, -0.2) is 4.79 Å². The Morgan fingerprint density at radius 1 is 1.64 bits per heavy atom. The first-order valence-corrected chi connectivity index (χ1v) is 4.67. The zero-order valence-corrected chi connectivity index (χ0v) is 8.23. The molecule has 1 rings (SSSR count). The number of carboxylic acid groups (broad SMARTS) is 1. The lowest BCUT2D eigenvalue weighted by molar-refractivity contribution is -0.142. The highest BCUT2D eigenvalue weighted by atomic mass is 16.6. The minimum atomic E-state index is -1.01. The first-order valence-electron chi connectivity index (χ1n) is 4.67. The third-order valence-electron chi connectivity index (χ3n) is 2.18. The first-order chi connectivity index (χ1) is 6.74. The summed E-state index contributed by atoms with van der Waals surface area (Å²) in [6.45, 7) is -0.389. The molecule has 0 spiro atoms. The predicted octanol–water partition coefficient (Wildman–Crippen LogP) is 1.03. The lowest BCUT2D eigenvalue weighted by atomic mass is 9.96. The molecule has 5 heteroatoms. The van der Waals surface area contributed by atoms with Crippen molar-refractivity contribution in [1.82, 2.24) is 0 Å². The second-order valence-corrected chi connectivity index (χ2v) is 3.22. The number of carboxylic acids is 1. The van der Waals surface area contributed by atoms with Crippen LogP contribution in [0.5, 0.6) is 0 Å². The number of ether oxygens (including phenoxy) is 1. The molecule has 0 amide bonds.